The summed E-state index contributed by atoms with van der Waals surface area (Å²) in [7, 11) is 7.53. The Morgan fingerprint density at radius 1 is 0.380 bits per heavy atom. The van der Waals surface area contributed by atoms with E-state index in [0.717, 1.165) is 23.7 Å². The summed E-state index contributed by atoms with van der Waals surface area (Å²) in [4.78, 5) is 29.2. The van der Waals surface area contributed by atoms with E-state index >= 15 is 0 Å². The lowest BCUT2D eigenvalue weighted by atomic mass is 9.59. The smallest absolute Gasteiger partial charge is 0.438 e. The first kappa shape index (κ1) is 104. The highest BCUT2D eigenvalue weighted by Crippen LogP contribution is 2.52. The Morgan fingerprint density at radius 3 is 0.950 bits per heavy atom. The predicted octanol–water partition coefficient (Wildman–Crippen LogP) is 28.3. The second-order valence-corrected chi connectivity index (χ2v) is 24.0. The summed E-state index contributed by atoms with van der Waals surface area (Å²) in [6.07, 6.45) is 11.1. The van der Waals surface area contributed by atoms with Crippen molar-refractivity contribution < 1.29 is 42.8 Å². The van der Waals surface area contributed by atoms with Crippen LogP contribution in [0.3, 0.4) is 0 Å². The normalized spacial score (nSPS) is 19.8. The van der Waals surface area contributed by atoms with E-state index in [1.54, 1.807) is 0 Å². The van der Waals surface area contributed by atoms with Crippen molar-refractivity contribution in [3.63, 3.8) is 0 Å². The fourth-order valence-electron chi connectivity index (χ4n) is 13.0. The molecule has 9 rings (SSSR count). The summed E-state index contributed by atoms with van der Waals surface area (Å²) in [5.74, 6) is 4.51. The number of hydrogen-bond donors (Lipinski definition) is 0. The second kappa shape index (κ2) is 65.4. The lowest BCUT2D eigenvalue weighted by Gasteiger charge is -2.45. The van der Waals surface area contributed by atoms with Crippen molar-refractivity contribution in [2.24, 2.45) is 23.7 Å². The average Bonchev–Trinajstić information content (AvgIpc) is 0.791. The highest BCUT2D eigenvalue weighted by atomic mass is 16.7. The van der Waals surface area contributed by atoms with Crippen LogP contribution >= 0.6 is 0 Å². The standard InChI is InChI=1S/2C22H28.C20H24.3C3H6O3.9C2H6/c1-17-14-15-20(16-21(17)18-10-6-4-7-11-18)22(2,3)19-12-8-5-9-13-19;1-17(2)20-14-15-22(3,19-12-8-5-9-13-19)16-21(20)18-10-6-4-7-11-18;1-19(17-10-5-3-6-11-17)14-9-15-20(2,16-19)18-12-7-4-8-13-18;3*1-5-3(4)6-2;9*1-2/h2*4-13,17,20-21H,14-16H2,1-3H3;3-8,10-13H,9,14-16H2,1-2H3;3*1-2H3;9*1-2H3. The number of hydrogen-bond acceptors (Lipinski definition) is 9. The molecule has 570 valence electrons. The van der Waals surface area contributed by atoms with Crippen LogP contribution < -0.4 is 0 Å². The van der Waals surface area contributed by atoms with Crippen LogP contribution in [0.15, 0.2) is 182 Å². The van der Waals surface area contributed by atoms with E-state index in [4.69, 9.17) is 0 Å². The van der Waals surface area contributed by atoms with Crippen molar-refractivity contribution in [3.05, 3.63) is 215 Å². The molecule has 0 aromatic heterocycles. The SMILES string of the molecule is CC.CC.CC.CC.CC.CC.CC.CC.CC.CC(C)C1CCC(C)(c2ccccc2)CC1c1ccccc1.CC1(c2ccccc2)CCCC(C)(c2ccccc2)C1.CC1CCC(C(C)(C)c2ccccc2)CC1c1ccccc1.COC(=O)OC.COC(=O)OC.COC(=O)OC. The zero-order valence-corrected chi connectivity index (χ0v) is 70.0. The van der Waals surface area contributed by atoms with Crippen LogP contribution in [-0.4, -0.2) is 61.1 Å². The first-order chi connectivity index (χ1) is 48.2. The minimum atomic E-state index is -0.657. The Labute approximate surface area is 617 Å². The van der Waals surface area contributed by atoms with Gasteiger partial charge in [0.25, 0.3) is 0 Å². The van der Waals surface area contributed by atoms with Gasteiger partial charge < -0.3 is 28.4 Å². The molecule has 0 amide bonds. The van der Waals surface area contributed by atoms with Crippen LogP contribution in [0.5, 0.6) is 0 Å². The molecule has 6 aromatic carbocycles. The molecule has 0 N–H and O–H groups in total. The highest BCUT2D eigenvalue weighted by molar-refractivity contribution is 5.59. The molecule has 0 radical (unpaired) electrons. The summed E-state index contributed by atoms with van der Waals surface area (Å²) >= 11 is 0. The van der Waals surface area contributed by atoms with Gasteiger partial charge in [-0.15, -0.1) is 0 Å². The molecule has 0 bridgehead atoms. The molecule has 3 saturated carbocycles. The van der Waals surface area contributed by atoms with Crippen LogP contribution in [0.2, 0.25) is 0 Å². The maximum atomic E-state index is 9.74. The molecule has 3 aliphatic carbocycles. The van der Waals surface area contributed by atoms with E-state index in [1.807, 2.05) is 125 Å². The quantitative estimate of drug-likeness (QED) is 0.109. The van der Waals surface area contributed by atoms with Gasteiger partial charge in [0.05, 0.1) is 42.7 Å². The number of rotatable bonds is 8. The topological polar surface area (TPSA) is 107 Å². The number of methoxy groups -OCH3 is 6. The van der Waals surface area contributed by atoms with Crippen LogP contribution in [0.4, 0.5) is 14.4 Å². The molecule has 100 heavy (non-hydrogen) atoms. The lowest BCUT2D eigenvalue weighted by molar-refractivity contribution is 0.0915. The van der Waals surface area contributed by atoms with Gasteiger partial charge in [-0.3, -0.25) is 0 Å². The first-order valence-corrected chi connectivity index (χ1v) is 38.4. The Morgan fingerprint density at radius 2 is 0.660 bits per heavy atom. The molecule has 0 saturated heterocycles. The molecule has 0 heterocycles. The first-order valence-electron chi connectivity index (χ1n) is 38.4. The van der Waals surface area contributed by atoms with Gasteiger partial charge in [0, 0.05) is 0 Å². The largest absolute Gasteiger partial charge is 0.507 e. The zero-order chi connectivity index (χ0) is 78.2. The van der Waals surface area contributed by atoms with Gasteiger partial charge in [0.15, 0.2) is 0 Å². The Kier molecular flexibility index (Phi) is 68.1. The molecular weight excluding hydrogens is 1240 g/mol. The predicted molar refractivity (Wildman–Crippen MR) is 437 cm³/mol. The Hall–Kier alpha value is -6.87. The molecule has 3 fully saturated rings. The van der Waals surface area contributed by atoms with Crippen molar-refractivity contribution in [2.75, 3.05) is 42.7 Å². The zero-order valence-electron chi connectivity index (χ0n) is 70.0. The average molecular weight is 1390 g/mol. The maximum Gasteiger partial charge on any atom is 0.507 e. The fourth-order valence-corrected chi connectivity index (χ4v) is 13.0. The molecule has 8 unspecified atom stereocenters. The summed E-state index contributed by atoms with van der Waals surface area (Å²) in [5, 5.41) is 0. The van der Waals surface area contributed by atoms with Gasteiger partial charge >= 0.3 is 18.5 Å². The lowest BCUT2D eigenvalue weighted by Crippen LogP contribution is -2.38. The third kappa shape index (κ3) is 39.4. The molecule has 6 aromatic rings. The van der Waals surface area contributed by atoms with Crippen LogP contribution in [0.1, 0.15) is 289 Å². The molecule has 0 spiro atoms. The summed E-state index contributed by atoms with van der Waals surface area (Å²) < 4.78 is 24.2. The maximum absolute atomic E-state index is 9.74. The van der Waals surface area contributed by atoms with Crippen LogP contribution in [0, 0.1) is 23.7 Å². The molecule has 9 heteroatoms. The molecule has 3 aliphatic rings. The van der Waals surface area contributed by atoms with E-state index in [1.165, 1.54) is 140 Å². The third-order valence-corrected chi connectivity index (χ3v) is 17.9. The Balaban J connectivity index is -0.000000268. The summed E-state index contributed by atoms with van der Waals surface area (Å²) in [5.41, 5.74) is 10.3. The van der Waals surface area contributed by atoms with Gasteiger partial charge in [-0.25, -0.2) is 14.4 Å². The Bertz CT molecular complexity index is 2600. The van der Waals surface area contributed by atoms with Gasteiger partial charge in [0.2, 0.25) is 0 Å². The highest BCUT2D eigenvalue weighted by Gasteiger charge is 2.42. The van der Waals surface area contributed by atoms with E-state index in [9.17, 15) is 14.4 Å². The van der Waals surface area contributed by atoms with E-state index in [2.05, 4.69) is 266 Å². The van der Waals surface area contributed by atoms with Crippen LogP contribution in [-0.2, 0) is 50.1 Å². The van der Waals surface area contributed by atoms with E-state index in [0.29, 0.717) is 28.1 Å². The second-order valence-electron chi connectivity index (χ2n) is 24.0. The monoisotopic (exact) mass is 1390 g/mol. The molecular formula is C91H152O9. The third-order valence-electron chi connectivity index (χ3n) is 17.9. The minimum absolute atomic E-state index is 0.258. The molecule has 8 atom stereocenters. The molecule has 9 nitrogen and oxygen atoms in total. The molecule has 0 aliphatic heterocycles. The van der Waals surface area contributed by atoms with Gasteiger partial charge in [-0.05, 0) is 148 Å². The van der Waals surface area contributed by atoms with Gasteiger partial charge in [-0.2, -0.15) is 0 Å². The van der Waals surface area contributed by atoms with Crippen molar-refractivity contribution in [1.29, 1.82) is 0 Å². The minimum Gasteiger partial charge on any atom is -0.438 e. The van der Waals surface area contributed by atoms with Crippen LogP contribution in [0.25, 0.3) is 0 Å². The van der Waals surface area contributed by atoms with E-state index in [-0.39, 0.29) is 5.41 Å². The van der Waals surface area contributed by atoms with E-state index < -0.39 is 18.5 Å². The van der Waals surface area contributed by atoms with Gasteiger partial charge in [-0.1, -0.05) is 368 Å². The van der Waals surface area contributed by atoms with Crippen molar-refractivity contribution in [1.82, 2.24) is 0 Å². The van der Waals surface area contributed by atoms with Crippen molar-refractivity contribution in [2.45, 2.75) is 278 Å². The number of ether oxygens (including phenoxy) is 6. The van der Waals surface area contributed by atoms with Crippen molar-refractivity contribution in [3.8, 4) is 0 Å². The van der Waals surface area contributed by atoms with Crippen molar-refractivity contribution >= 4 is 18.5 Å². The van der Waals surface area contributed by atoms with Gasteiger partial charge in [0.1, 0.15) is 0 Å². The summed E-state index contributed by atoms with van der Waals surface area (Å²) in [6.45, 7) is 55.5. The summed E-state index contributed by atoms with van der Waals surface area (Å²) in [6, 6.07) is 66.7. The fraction of sp³-hybridized carbons (Fsp3) is 0.571. The number of carbonyl (C=O) groups is 3. The number of carbonyl (C=O) groups excluding carboxylic acids is 3. The number of benzene rings is 6.